The van der Waals surface area contributed by atoms with Gasteiger partial charge >= 0.3 is 0 Å². The van der Waals surface area contributed by atoms with Crippen molar-refractivity contribution in [1.82, 2.24) is 0 Å². The molecule has 5 rings (SSSR count). The SMILES string of the molecule is C=C1C(=CC=C2CCC[C@]3(C)[C@@H]([C@H](C)C=CCC4(C5(CCCC)OCCO5)CC4)CC[C@@H]23)C[C@@H](O[Si](C)(C)C(C)(C)C)C[C@@H]1O[Si](C)(C)C(C)(C)C. The predicted octanol–water partition coefficient (Wildman–Crippen LogP) is 13.5. The van der Waals surface area contributed by atoms with E-state index in [0.29, 0.717) is 17.3 Å². The number of fused-ring (bicyclic) bond motifs is 1. The second-order valence-electron chi connectivity index (χ2n) is 21.2. The molecule has 1 heterocycles. The molecule has 0 aromatic carbocycles. The standard InChI is InChI=1S/C46H80O4Si2/c1-15-16-27-46(47-30-31-48-46)45(28-29-45)26-17-19-34(2)39-23-24-40-36(20-18-25-44(39,40)10)21-22-37-32-38(49-51(11,12)42(4,5)6)33-41(35(37)3)50-52(13,14)43(7,8)9/h17,19,21-22,34,38-41H,3,15-16,18,20,23-33H2,1-2,4-14H3/t34-,38-,39-,40+,41+,44-/m1/s1. The van der Waals surface area contributed by atoms with Crippen molar-refractivity contribution < 1.29 is 18.3 Å². The Bertz CT molecular complexity index is 1350. The fourth-order valence-electron chi connectivity index (χ4n) is 10.0. The highest BCUT2D eigenvalue weighted by Gasteiger charge is 2.62. The lowest BCUT2D eigenvalue weighted by molar-refractivity contribution is -0.211. The Morgan fingerprint density at radius 1 is 0.923 bits per heavy atom. The lowest BCUT2D eigenvalue weighted by Crippen LogP contribution is -2.49. The molecule has 296 valence electrons. The molecule has 6 heteroatoms. The van der Waals surface area contributed by atoms with E-state index in [2.05, 4.69) is 113 Å². The summed E-state index contributed by atoms with van der Waals surface area (Å²) in [5, 5.41) is 0.328. The van der Waals surface area contributed by atoms with Crippen LogP contribution in [-0.2, 0) is 18.3 Å². The van der Waals surface area contributed by atoms with Crippen LogP contribution in [0.5, 0.6) is 0 Å². The van der Waals surface area contributed by atoms with Gasteiger partial charge in [0, 0.05) is 18.3 Å². The summed E-state index contributed by atoms with van der Waals surface area (Å²) >= 11 is 0. The number of allylic oxidation sites excluding steroid dienone is 5. The van der Waals surface area contributed by atoms with Crippen LogP contribution in [0.4, 0.5) is 0 Å². The zero-order valence-electron chi connectivity index (χ0n) is 36.1. The molecule has 0 bridgehead atoms. The first-order valence-corrected chi connectivity index (χ1v) is 27.3. The van der Waals surface area contributed by atoms with Crippen LogP contribution >= 0.6 is 0 Å². The molecule has 5 fully saturated rings. The molecule has 0 amide bonds. The van der Waals surface area contributed by atoms with E-state index in [1.807, 2.05) is 0 Å². The number of ether oxygens (including phenoxy) is 2. The quantitative estimate of drug-likeness (QED) is 0.139. The second-order valence-corrected chi connectivity index (χ2v) is 30.7. The first-order valence-electron chi connectivity index (χ1n) is 21.5. The van der Waals surface area contributed by atoms with Crippen LogP contribution in [0.1, 0.15) is 146 Å². The highest BCUT2D eigenvalue weighted by atomic mass is 28.4. The van der Waals surface area contributed by atoms with Crippen LogP contribution in [0.15, 0.2) is 47.6 Å². The third-order valence-electron chi connectivity index (χ3n) is 15.6. The van der Waals surface area contributed by atoms with Gasteiger partial charge in [-0.15, -0.1) is 0 Å². The normalized spacial score (nSPS) is 33.3. The molecule has 1 aliphatic heterocycles. The molecule has 4 nitrogen and oxygen atoms in total. The molecule has 6 atom stereocenters. The van der Waals surface area contributed by atoms with Gasteiger partial charge in [0.25, 0.3) is 0 Å². The fraction of sp³-hybridized carbons (Fsp3) is 0.826. The second kappa shape index (κ2) is 15.6. The van der Waals surface area contributed by atoms with Crippen LogP contribution in [0, 0.1) is 28.6 Å². The van der Waals surface area contributed by atoms with Crippen molar-refractivity contribution in [3.05, 3.63) is 47.6 Å². The van der Waals surface area contributed by atoms with Crippen molar-refractivity contribution in [1.29, 1.82) is 0 Å². The van der Waals surface area contributed by atoms with E-state index in [9.17, 15) is 0 Å². The Kier molecular flexibility index (Phi) is 12.7. The van der Waals surface area contributed by atoms with Gasteiger partial charge in [-0.05, 0) is 135 Å². The summed E-state index contributed by atoms with van der Waals surface area (Å²) in [7, 11) is -3.93. The Morgan fingerprint density at radius 3 is 2.15 bits per heavy atom. The van der Waals surface area contributed by atoms with Gasteiger partial charge in [0.15, 0.2) is 22.4 Å². The van der Waals surface area contributed by atoms with Crippen molar-refractivity contribution in [3.63, 3.8) is 0 Å². The van der Waals surface area contributed by atoms with E-state index in [-0.39, 0.29) is 33.5 Å². The van der Waals surface area contributed by atoms with Crippen molar-refractivity contribution >= 4 is 16.6 Å². The molecule has 0 aromatic rings. The van der Waals surface area contributed by atoms with E-state index in [1.54, 1.807) is 5.57 Å². The molecule has 0 aromatic heterocycles. The smallest absolute Gasteiger partial charge is 0.192 e. The molecule has 0 radical (unpaired) electrons. The predicted molar refractivity (Wildman–Crippen MR) is 226 cm³/mol. The maximum atomic E-state index is 7.14. The fourth-order valence-corrected chi connectivity index (χ4v) is 12.7. The zero-order valence-corrected chi connectivity index (χ0v) is 38.1. The van der Waals surface area contributed by atoms with E-state index < -0.39 is 16.6 Å². The summed E-state index contributed by atoms with van der Waals surface area (Å²) < 4.78 is 27.1. The lowest BCUT2D eigenvalue weighted by Gasteiger charge is -2.45. The lowest BCUT2D eigenvalue weighted by atomic mass is 9.61. The molecule has 5 aliphatic rings. The average Bonchev–Trinajstić information content (AvgIpc) is 3.51. The third kappa shape index (κ3) is 8.63. The monoisotopic (exact) mass is 753 g/mol. The first-order chi connectivity index (χ1) is 24.1. The van der Waals surface area contributed by atoms with Crippen LogP contribution < -0.4 is 0 Å². The summed E-state index contributed by atoms with van der Waals surface area (Å²) in [6, 6.07) is 0. The molecular weight excluding hydrogens is 673 g/mol. The van der Waals surface area contributed by atoms with Gasteiger partial charge in [0.05, 0.1) is 25.4 Å². The number of hydrogen-bond acceptors (Lipinski definition) is 4. The van der Waals surface area contributed by atoms with E-state index in [0.717, 1.165) is 44.8 Å². The third-order valence-corrected chi connectivity index (χ3v) is 24.7. The Morgan fingerprint density at radius 2 is 1.56 bits per heavy atom. The molecule has 0 unspecified atom stereocenters. The summed E-state index contributed by atoms with van der Waals surface area (Å²) in [4.78, 5) is 0. The van der Waals surface area contributed by atoms with Gasteiger partial charge in [-0.25, -0.2) is 0 Å². The molecule has 0 N–H and O–H groups in total. The minimum Gasteiger partial charge on any atom is -0.413 e. The number of unbranched alkanes of at least 4 members (excludes halogenated alkanes) is 1. The van der Waals surface area contributed by atoms with Gasteiger partial charge in [0.1, 0.15) is 0 Å². The van der Waals surface area contributed by atoms with Crippen LogP contribution in [0.2, 0.25) is 36.3 Å². The molecule has 1 saturated heterocycles. The van der Waals surface area contributed by atoms with Crippen molar-refractivity contribution in [3.8, 4) is 0 Å². The van der Waals surface area contributed by atoms with E-state index in [4.69, 9.17) is 24.9 Å². The van der Waals surface area contributed by atoms with Crippen molar-refractivity contribution in [2.45, 2.75) is 200 Å². The summed E-state index contributed by atoms with van der Waals surface area (Å²) in [6.07, 6.45) is 25.7. The van der Waals surface area contributed by atoms with Crippen LogP contribution in [-0.4, -0.2) is 47.8 Å². The summed E-state index contributed by atoms with van der Waals surface area (Å²) in [5.74, 6) is 1.64. The average molecular weight is 753 g/mol. The Balaban J connectivity index is 1.32. The topological polar surface area (TPSA) is 36.9 Å². The van der Waals surface area contributed by atoms with Crippen LogP contribution in [0.25, 0.3) is 0 Å². The van der Waals surface area contributed by atoms with Gasteiger partial charge in [0.2, 0.25) is 0 Å². The van der Waals surface area contributed by atoms with Crippen LogP contribution in [0.3, 0.4) is 0 Å². The highest BCUT2D eigenvalue weighted by Crippen LogP contribution is 2.62. The minimum absolute atomic E-state index is 0.0253. The van der Waals surface area contributed by atoms with E-state index >= 15 is 0 Å². The number of hydrogen-bond donors (Lipinski definition) is 0. The number of rotatable bonds is 13. The summed E-state index contributed by atoms with van der Waals surface area (Å²) in [5.41, 5.74) is 4.77. The Labute approximate surface area is 323 Å². The summed E-state index contributed by atoms with van der Waals surface area (Å²) in [6.45, 7) is 37.3. The first kappa shape index (κ1) is 42.4. The minimum atomic E-state index is -1.99. The molecule has 0 spiro atoms. The van der Waals surface area contributed by atoms with Gasteiger partial charge in [-0.1, -0.05) is 105 Å². The zero-order chi connectivity index (χ0) is 38.4. The largest absolute Gasteiger partial charge is 0.413 e. The molecule has 52 heavy (non-hydrogen) atoms. The van der Waals surface area contributed by atoms with Crippen molar-refractivity contribution in [2.24, 2.45) is 28.6 Å². The van der Waals surface area contributed by atoms with Gasteiger partial charge < -0.3 is 18.3 Å². The van der Waals surface area contributed by atoms with Gasteiger partial charge in [-0.2, -0.15) is 0 Å². The maximum absolute atomic E-state index is 7.14. The van der Waals surface area contributed by atoms with E-state index in [1.165, 1.54) is 68.9 Å². The van der Waals surface area contributed by atoms with Crippen molar-refractivity contribution in [2.75, 3.05) is 13.2 Å². The Hall–Kier alpha value is -0.766. The molecule has 4 aliphatic carbocycles. The van der Waals surface area contributed by atoms with Gasteiger partial charge in [-0.3, -0.25) is 0 Å². The molecular formula is C46H80O4Si2. The molecule has 4 saturated carbocycles. The maximum Gasteiger partial charge on any atom is 0.192 e. The highest BCUT2D eigenvalue weighted by molar-refractivity contribution is 6.74.